The molecular weight excluding hydrogens is 591 g/mol. The number of nitriles is 1. The minimum absolute atomic E-state index is 0.218. The first-order valence-corrected chi connectivity index (χ1v) is 16.6. The third-order valence-corrected chi connectivity index (χ3v) is 9.17. The molecule has 47 heavy (non-hydrogen) atoms. The Kier molecular flexibility index (Phi) is 10.7. The molecule has 0 radical (unpaired) electrons. The minimum atomic E-state index is -0.758. The summed E-state index contributed by atoms with van der Waals surface area (Å²) in [5.41, 5.74) is 5.74. The number of anilines is 2. The van der Waals surface area contributed by atoms with Gasteiger partial charge >= 0.3 is 0 Å². The van der Waals surface area contributed by atoms with Crippen molar-refractivity contribution in [3.05, 3.63) is 106 Å². The molecule has 2 aliphatic heterocycles. The van der Waals surface area contributed by atoms with E-state index in [1.54, 1.807) is 23.1 Å². The molecule has 0 bridgehead atoms. The second-order valence-electron chi connectivity index (χ2n) is 12.0. The van der Waals surface area contributed by atoms with Gasteiger partial charge in [0.2, 0.25) is 12.3 Å². The van der Waals surface area contributed by atoms with Crippen molar-refractivity contribution in [1.29, 1.82) is 5.26 Å². The number of benzene rings is 4. The molecule has 0 aromatic heterocycles. The van der Waals surface area contributed by atoms with Gasteiger partial charge in [-0.25, -0.2) is 4.39 Å². The third kappa shape index (κ3) is 6.90. The number of halogens is 1. The van der Waals surface area contributed by atoms with Crippen LogP contribution in [0.2, 0.25) is 0 Å². The molecule has 1 atom stereocenters. The zero-order valence-electron chi connectivity index (χ0n) is 27.3. The fourth-order valence-electron chi connectivity index (χ4n) is 6.89. The van der Waals surface area contributed by atoms with Crippen LogP contribution in [0.15, 0.2) is 72.8 Å². The van der Waals surface area contributed by atoms with Gasteiger partial charge in [0, 0.05) is 24.0 Å². The first-order chi connectivity index (χ1) is 22.9. The van der Waals surface area contributed by atoms with Crippen molar-refractivity contribution in [3.63, 3.8) is 0 Å². The number of imide groups is 1. The standard InChI is InChI=1S/C37H35FN4O3.C2H6/c1-2-4-34(36(44)40-23-43)42-33-14-12-28(29-5-3-6-30(35(29)33)37(42)45)20-25-9-7-24(8-10-25)19-26-15-17-41(18-16-26)32-13-11-27(22-39)21-31(32)38;1-2/h3,5-14,21,23,26,34H,2,4,15-20H2,1H3,(H,40,43,44);1-2H3. The molecule has 6 rings (SSSR count). The van der Waals surface area contributed by atoms with Crippen molar-refractivity contribution < 1.29 is 18.8 Å². The van der Waals surface area contributed by atoms with Crippen molar-refractivity contribution in [2.45, 2.75) is 65.3 Å². The van der Waals surface area contributed by atoms with E-state index in [9.17, 15) is 18.8 Å². The van der Waals surface area contributed by atoms with Crippen molar-refractivity contribution in [2.75, 3.05) is 22.9 Å². The van der Waals surface area contributed by atoms with Crippen LogP contribution >= 0.6 is 0 Å². The van der Waals surface area contributed by atoms with Gasteiger partial charge in [-0.2, -0.15) is 5.26 Å². The Bertz CT molecular complexity index is 1810. The van der Waals surface area contributed by atoms with E-state index in [2.05, 4.69) is 34.5 Å². The van der Waals surface area contributed by atoms with Crippen LogP contribution in [0.3, 0.4) is 0 Å². The molecule has 242 valence electrons. The molecule has 1 fully saturated rings. The van der Waals surface area contributed by atoms with Crippen molar-refractivity contribution in [3.8, 4) is 6.07 Å². The second kappa shape index (κ2) is 15.0. The van der Waals surface area contributed by atoms with E-state index >= 15 is 0 Å². The van der Waals surface area contributed by atoms with E-state index in [4.69, 9.17) is 5.26 Å². The highest BCUT2D eigenvalue weighted by Crippen LogP contribution is 2.41. The monoisotopic (exact) mass is 632 g/mol. The van der Waals surface area contributed by atoms with Gasteiger partial charge in [-0.05, 0) is 90.4 Å². The zero-order chi connectivity index (χ0) is 33.5. The summed E-state index contributed by atoms with van der Waals surface area (Å²) in [6.07, 6.45) is 5.14. The number of rotatable bonds is 10. The summed E-state index contributed by atoms with van der Waals surface area (Å²) in [7, 11) is 0. The van der Waals surface area contributed by atoms with Crippen LogP contribution in [0.4, 0.5) is 15.8 Å². The predicted octanol–water partition coefficient (Wildman–Crippen LogP) is 7.33. The summed E-state index contributed by atoms with van der Waals surface area (Å²) in [4.78, 5) is 40.9. The van der Waals surface area contributed by atoms with E-state index in [0.717, 1.165) is 48.7 Å². The van der Waals surface area contributed by atoms with Gasteiger partial charge < -0.3 is 4.90 Å². The van der Waals surface area contributed by atoms with Crippen LogP contribution < -0.4 is 15.1 Å². The smallest absolute Gasteiger partial charge is 0.259 e. The summed E-state index contributed by atoms with van der Waals surface area (Å²) < 4.78 is 14.5. The number of hydrogen-bond donors (Lipinski definition) is 1. The van der Waals surface area contributed by atoms with Crippen molar-refractivity contribution in [1.82, 2.24) is 5.32 Å². The van der Waals surface area contributed by atoms with Gasteiger partial charge in [-0.3, -0.25) is 24.6 Å². The summed E-state index contributed by atoms with van der Waals surface area (Å²) >= 11 is 0. The summed E-state index contributed by atoms with van der Waals surface area (Å²) in [6.45, 7) is 7.53. The van der Waals surface area contributed by atoms with Gasteiger partial charge in [-0.15, -0.1) is 0 Å². The average molecular weight is 633 g/mol. The summed E-state index contributed by atoms with van der Waals surface area (Å²) in [6, 6.07) is 24.3. The Labute approximate surface area is 276 Å². The lowest BCUT2D eigenvalue weighted by atomic mass is 9.89. The predicted molar refractivity (Wildman–Crippen MR) is 184 cm³/mol. The first-order valence-electron chi connectivity index (χ1n) is 16.6. The second-order valence-corrected chi connectivity index (χ2v) is 12.0. The van der Waals surface area contributed by atoms with E-state index in [1.807, 2.05) is 51.1 Å². The van der Waals surface area contributed by atoms with E-state index in [1.165, 1.54) is 17.2 Å². The zero-order valence-corrected chi connectivity index (χ0v) is 27.3. The maximum atomic E-state index is 14.5. The molecule has 1 saturated heterocycles. The molecule has 4 aromatic carbocycles. The van der Waals surface area contributed by atoms with E-state index < -0.39 is 11.9 Å². The third-order valence-electron chi connectivity index (χ3n) is 9.17. The summed E-state index contributed by atoms with van der Waals surface area (Å²) in [5, 5.41) is 13.1. The topological polar surface area (TPSA) is 93.5 Å². The van der Waals surface area contributed by atoms with Gasteiger partial charge in [0.15, 0.2) is 0 Å². The molecule has 7 nitrogen and oxygen atoms in total. The summed E-state index contributed by atoms with van der Waals surface area (Å²) in [5.74, 6) is -0.508. The molecule has 1 N–H and O–H groups in total. The lowest BCUT2D eigenvalue weighted by molar-refractivity contribution is -0.126. The Balaban J connectivity index is 0.00000213. The maximum Gasteiger partial charge on any atom is 0.259 e. The highest BCUT2D eigenvalue weighted by Gasteiger charge is 2.38. The van der Waals surface area contributed by atoms with E-state index in [-0.39, 0.29) is 11.7 Å². The molecule has 0 spiro atoms. The molecule has 0 saturated carbocycles. The molecule has 4 aromatic rings. The van der Waals surface area contributed by atoms with Crippen LogP contribution in [0.1, 0.15) is 79.1 Å². The SMILES string of the molecule is CC.CCCC(C(=O)NC=O)N1C(=O)c2cccc3c(Cc4ccc(CC5CCN(c6ccc(C#N)cc6F)CC5)cc4)ccc1c23. The Morgan fingerprint density at radius 2 is 1.72 bits per heavy atom. The highest BCUT2D eigenvalue weighted by molar-refractivity contribution is 6.27. The highest BCUT2D eigenvalue weighted by atomic mass is 19.1. The Morgan fingerprint density at radius 3 is 2.38 bits per heavy atom. The average Bonchev–Trinajstić information content (AvgIpc) is 3.38. The molecule has 2 heterocycles. The quantitative estimate of drug-likeness (QED) is 0.185. The van der Waals surface area contributed by atoms with Crippen LogP contribution in [0.25, 0.3) is 10.8 Å². The van der Waals surface area contributed by atoms with Crippen LogP contribution in [0, 0.1) is 23.1 Å². The number of nitrogens with one attached hydrogen (secondary N) is 1. The maximum absolute atomic E-state index is 14.5. The van der Waals surface area contributed by atoms with Gasteiger partial charge in [0.1, 0.15) is 11.9 Å². The van der Waals surface area contributed by atoms with Crippen molar-refractivity contribution in [2.24, 2.45) is 5.92 Å². The van der Waals surface area contributed by atoms with Gasteiger partial charge in [0.25, 0.3) is 5.91 Å². The lowest BCUT2D eigenvalue weighted by Gasteiger charge is -2.34. The lowest BCUT2D eigenvalue weighted by Crippen LogP contribution is -2.48. The Morgan fingerprint density at radius 1 is 1.02 bits per heavy atom. The first kappa shape index (κ1) is 33.3. The fraction of sp³-hybridized carbons (Fsp3) is 0.333. The number of piperidine rings is 1. The number of amides is 3. The number of hydrogen-bond acceptors (Lipinski definition) is 5. The van der Waals surface area contributed by atoms with Crippen molar-refractivity contribution >= 4 is 40.4 Å². The number of carbonyl (C=O) groups is 3. The Hall–Kier alpha value is -5.03. The van der Waals surface area contributed by atoms with Crippen LogP contribution in [-0.4, -0.2) is 37.4 Å². The molecular formula is C39H41FN4O3. The largest absolute Gasteiger partial charge is 0.369 e. The fourth-order valence-corrected chi connectivity index (χ4v) is 6.89. The van der Waals surface area contributed by atoms with Crippen LogP contribution in [0.5, 0.6) is 0 Å². The van der Waals surface area contributed by atoms with Gasteiger partial charge in [-0.1, -0.05) is 69.7 Å². The molecule has 0 aliphatic carbocycles. The molecule has 2 aliphatic rings. The van der Waals surface area contributed by atoms with Gasteiger partial charge in [0.05, 0.1) is 23.0 Å². The normalized spacial score (nSPS) is 14.7. The van der Waals surface area contributed by atoms with Crippen LogP contribution in [-0.2, 0) is 22.4 Å². The van der Waals surface area contributed by atoms with E-state index in [0.29, 0.717) is 54.1 Å². The number of carbonyl (C=O) groups excluding carboxylic acids is 3. The molecule has 3 amide bonds. The minimum Gasteiger partial charge on any atom is -0.369 e. The molecule has 8 heteroatoms. The number of nitrogens with zero attached hydrogens (tertiary/aromatic N) is 3. The molecule has 1 unspecified atom stereocenters.